The maximum absolute atomic E-state index is 11.8. The van der Waals surface area contributed by atoms with Gasteiger partial charge in [0.05, 0.1) is 13.7 Å². The average Bonchev–Trinajstić information content (AvgIpc) is 2.83. The van der Waals surface area contributed by atoms with Gasteiger partial charge in [0, 0.05) is 25.1 Å². The van der Waals surface area contributed by atoms with Crippen molar-refractivity contribution in [2.24, 2.45) is 0 Å². The summed E-state index contributed by atoms with van der Waals surface area (Å²) in [5.41, 5.74) is 0.574. The first kappa shape index (κ1) is 14.2. The average molecular weight is 278 g/mol. The summed E-state index contributed by atoms with van der Waals surface area (Å²) >= 11 is 0. The summed E-state index contributed by atoms with van der Waals surface area (Å²) in [6.45, 7) is 0.907. The van der Waals surface area contributed by atoms with Crippen LogP contribution in [0.5, 0.6) is 11.5 Å². The van der Waals surface area contributed by atoms with Crippen molar-refractivity contribution in [2.45, 2.75) is 19.4 Å². The number of ether oxygens (including phenoxy) is 1. The number of hydrogen-bond acceptors (Lipinski definition) is 4. The van der Waals surface area contributed by atoms with Crippen LogP contribution in [0.25, 0.3) is 0 Å². The molecule has 1 saturated heterocycles. The van der Waals surface area contributed by atoms with Gasteiger partial charge in [0.25, 0.3) is 0 Å². The lowest BCUT2D eigenvalue weighted by atomic mass is 10.2. The zero-order valence-corrected chi connectivity index (χ0v) is 11.4. The smallest absolute Gasteiger partial charge is 0.239 e. The Morgan fingerprint density at radius 2 is 2.30 bits per heavy atom. The van der Waals surface area contributed by atoms with Crippen molar-refractivity contribution in [3.05, 3.63) is 23.8 Å². The van der Waals surface area contributed by atoms with Crippen molar-refractivity contribution in [1.82, 2.24) is 10.2 Å². The lowest BCUT2D eigenvalue weighted by Gasteiger charge is -2.15. The van der Waals surface area contributed by atoms with Gasteiger partial charge in [-0.25, -0.2) is 0 Å². The molecule has 108 valence electrons. The van der Waals surface area contributed by atoms with E-state index in [9.17, 15) is 14.7 Å². The molecule has 1 aliphatic heterocycles. The summed E-state index contributed by atoms with van der Waals surface area (Å²) in [7, 11) is 1.47. The Balaban J connectivity index is 1.88. The minimum atomic E-state index is -0.234. The van der Waals surface area contributed by atoms with Crippen molar-refractivity contribution >= 4 is 11.8 Å². The molecule has 0 radical (unpaired) electrons. The second-order valence-corrected chi connectivity index (χ2v) is 4.66. The molecule has 2 rings (SSSR count). The lowest BCUT2D eigenvalue weighted by Crippen LogP contribution is -2.37. The molecule has 6 heteroatoms. The molecule has 0 unspecified atom stereocenters. The molecule has 2 amide bonds. The van der Waals surface area contributed by atoms with E-state index in [0.717, 1.165) is 6.42 Å². The van der Waals surface area contributed by atoms with E-state index in [2.05, 4.69) is 5.32 Å². The van der Waals surface area contributed by atoms with Crippen molar-refractivity contribution in [3.63, 3.8) is 0 Å². The molecule has 0 bridgehead atoms. The number of aromatic hydroxyl groups is 1. The molecule has 0 spiro atoms. The zero-order chi connectivity index (χ0) is 14.5. The second kappa shape index (κ2) is 6.27. The predicted molar refractivity (Wildman–Crippen MR) is 72.3 cm³/mol. The van der Waals surface area contributed by atoms with Crippen LogP contribution in [0.4, 0.5) is 0 Å². The Morgan fingerprint density at radius 1 is 1.50 bits per heavy atom. The van der Waals surface area contributed by atoms with E-state index in [4.69, 9.17) is 4.74 Å². The Kier molecular flexibility index (Phi) is 4.45. The summed E-state index contributed by atoms with van der Waals surface area (Å²) < 4.78 is 5.00. The van der Waals surface area contributed by atoms with Crippen molar-refractivity contribution < 1.29 is 19.4 Å². The number of nitrogens with zero attached hydrogens (tertiary/aromatic N) is 1. The maximum atomic E-state index is 11.8. The molecule has 1 aromatic carbocycles. The number of rotatable bonds is 5. The summed E-state index contributed by atoms with van der Waals surface area (Å²) in [6.07, 6.45) is 1.33. The standard InChI is InChI=1S/C14H18N2O4/c1-20-11-5-2-4-10(14(11)19)8-15-12(17)9-16-7-3-6-13(16)18/h2,4-5,19H,3,6-9H2,1H3,(H,15,17). The van der Waals surface area contributed by atoms with Gasteiger partial charge < -0.3 is 20.1 Å². The predicted octanol–water partition coefficient (Wildman–Crippen LogP) is 0.639. The lowest BCUT2D eigenvalue weighted by molar-refractivity contribution is -0.133. The molecule has 2 N–H and O–H groups in total. The Morgan fingerprint density at radius 3 is 2.95 bits per heavy atom. The molecule has 0 saturated carbocycles. The summed E-state index contributed by atoms with van der Waals surface area (Å²) in [5, 5.41) is 12.6. The maximum Gasteiger partial charge on any atom is 0.239 e. The largest absolute Gasteiger partial charge is 0.504 e. The van der Waals surface area contributed by atoms with E-state index >= 15 is 0 Å². The van der Waals surface area contributed by atoms with E-state index in [1.165, 1.54) is 7.11 Å². The van der Waals surface area contributed by atoms with Crippen LogP contribution in [0.15, 0.2) is 18.2 Å². The van der Waals surface area contributed by atoms with Crippen LogP contribution in [0, 0.1) is 0 Å². The first-order valence-corrected chi connectivity index (χ1v) is 6.51. The van der Waals surface area contributed by atoms with Crippen LogP contribution in [0.3, 0.4) is 0 Å². The molecule has 1 fully saturated rings. The van der Waals surface area contributed by atoms with Gasteiger partial charge in [0.1, 0.15) is 0 Å². The number of amides is 2. The second-order valence-electron chi connectivity index (χ2n) is 4.66. The van der Waals surface area contributed by atoms with Crippen LogP contribution in [-0.4, -0.2) is 42.0 Å². The van der Waals surface area contributed by atoms with Crippen LogP contribution in [0.2, 0.25) is 0 Å². The number of nitrogens with one attached hydrogen (secondary N) is 1. The summed E-state index contributed by atoms with van der Waals surface area (Å²) in [5.74, 6) is 0.172. The number of phenolic OH excluding ortho intramolecular Hbond substituents is 1. The first-order chi connectivity index (χ1) is 9.61. The summed E-state index contributed by atoms with van der Waals surface area (Å²) in [4.78, 5) is 24.7. The van der Waals surface area contributed by atoms with Gasteiger partial charge in [-0.1, -0.05) is 12.1 Å². The van der Waals surface area contributed by atoms with Crippen molar-refractivity contribution in [3.8, 4) is 11.5 Å². The number of carbonyl (C=O) groups excluding carboxylic acids is 2. The highest BCUT2D eigenvalue weighted by molar-refractivity contribution is 5.85. The number of benzene rings is 1. The third-order valence-electron chi connectivity index (χ3n) is 3.28. The molecule has 0 aromatic heterocycles. The number of para-hydroxylation sites is 1. The van der Waals surface area contributed by atoms with E-state index in [-0.39, 0.29) is 30.7 Å². The van der Waals surface area contributed by atoms with E-state index in [1.54, 1.807) is 23.1 Å². The molecule has 0 atom stereocenters. The third kappa shape index (κ3) is 3.20. The Bertz CT molecular complexity index is 516. The quantitative estimate of drug-likeness (QED) is 0.828. The number of phenols is 1. The van der Waals surface area contributed by atoms with Crippen LogP contribution < -0.4 is 10.1 Å². The zero-order valence-electron chi connectivity index (χ0n) is 11.4. The van der Waals surface area contributed by atoms with Crippen LogP contribution >= 0.6 is 0 Å². The van der Waals surface area contributed by atoms with E-state index in [0.29, 0.717) is 24.3 Å². The van der Waals surface area contributed by atoms with Gasteiger partial charge in [-0.05, 0) is 12.5 Å². The van der Waals surface area contributed by atoms with E-state index in [1.807, 2.05) is 0 Å². The van der Waals surface area contributed by atoms with Gasteiger partial charge in [-0.2, -0.15) is 0 Å². The van der Waals surface area contributed by atoms with Gasteiger partial charge in [0.2, 0.25) is 11.8 Å². The molecule has 20 heavy (non-hydrogen) atoms. The van der Waals surface area contributed by atoms with Crippen LogP contribution in [0.1, 0.15) is 18.4 Å². The Labute approximate surface area is 117 Å². The number of carbonyl (C=O) groups is 2. The first-order valence-electron chi connectivity index (χ1n) is 6.51. The molecule has 0 aliphatic carbocycles. The molecule has 1 aliphatic rings. The van der Waals surface area contributed by atoms with Gasteiger partial charge in [-0.3, -0.25) is 9.59 Å². The molecule has 1 aromatic rings. The third-order valence-corrected chi connectivity index (χ3v) is 3.28. The SMILES string of the molecule is COc1cccc(CNC(=O)CN2CCCC2=O)c1O. The number of methoxy groups -OCH3 is 1. The molecular formula is C14H18N2O4. The van der Waals surface area contributed by atoms with E-state index < -0.39 is 0 Å². The van der Waals surface area contributed by atoms with Crippen molar-refractivity contribution in [1.29, 1.82) is 0 Å². The van der Waals surface area contributed by atoms with Gasteiger partial charge in [0.15, 0.2) is 11.5 Å². The molecular weight excluding hydrogens is 260 g/mol. The normalized spacial score (nSPS) is 14.4. The highest BCUT2D eigenvalue weighted by Crippen LogP contribution is 2.29. The monoisotopic (exact) mass is 278 g/mol. The number of hydrogen-bond donors (Lipinski definition) is 2. The topological polar surface area (TPSA) is 78.9 Å². The minimum Gasteiger partial charge on any atom is -0.504 e. The fourth-order valence-corrected chi connectivity index (χ4v) is 2.17. The summed E-state index contributed by atoms with van der Waals surface area (Å²) in [6, 6.07) is 5.09. The van der Waals surface area contributed by atoms with Gasteiger partial charge in [-0.15, -0.1) is 0 Å². The highest BCUT2D eigenvalue weighted by Gasteiger charge is 2.22. The highest BCUT2D eigenvalue weighted by atomic mass is 16.5. The fourth-order valence-electron chi connectivity index (χ4n) is 2.17. The number of likely N-dealkylation sites (tertiary alicyclic amines) is 1. The molecule has 1 heterocycles. The Hall–Kier alpha value is -2.24. The van der Waals surface area contributed by atoms with Crippen LogP contribution in [-0.2, 0) is 16.1 Å². The molecule has 6 nitrogen and oxygen atoms in total. The van der Waals surface area contributed by atoms with Gasteiger partial charge >= 0.3 is 0 Å². The van der Waals surface area contributed by atoms with Crippen molar-refractivity contribution in [2.75, 3.05) is 20.2 Å². The fraction of sp³-hybridized carbons (Fsp3) is 0.429. The minimum absolute atomic E-state index is 0.0179.